The number of carbonyl (C=O) groups is 2. The molecule has 2 aromatic heterocycles. The molecule has 0 fully saturated rings. The zero-order valence-corrected chi connectivity index (χ0v) is 16.9. The van der Waals surface area contributed by atoms with Gasteiger partial charge in [0.15, 0.2) is 0 Å². The Balaban J connectivity index is 1.63. The van der Waals surface area contributed by atoms with E-state index in [4.69, 9.17) is 0 Å². The van der Waals surface area contributed by atoms with Gasteiger partial charge in [0.25, 0.3) is 0 Å². The predicted molar refractivity (Wildman–Crippen MR) is 114 cm³/mol. The molecule has 3 rings (SSSR count). The second kappa shape index (κ2) is 9.87. The van der Waals surface area contributed by atoms with Gasteiger partial charge in [-0.25, -0.2) is 0 Å². The molecular weight excluding hydrogens is 364 g/mol. The summed E-state index contributed by atoms with van der Waals surface area (Å²) in [5.74, 6) is -0.275. The first-order valence-corrected chi connectivity index (χ1v) is 10.1. The van der Waals surface area contributed by atoms with Crippen LogP contribution in [0.1, 0.15) is 37.8 Å². The minimum absolute atomic E-state index is 0.00968. The highest BCUT2D eigenvalue weighted by atomic mass is 16.2. The molecule has 2 amide bonds. The van der Waals surface area contributed by atoms with E-state index in [0.29, 0.717) is 19.3 Å². The van der Waals surface area contributed by atoms with E-state index < -0.39 is 6.04 Å². The van der Waals surface area contributed by atoms with E-state index in [-0.39, 0.29) is 17.9 Å². The number of benzene rings is 1. The van der Waals surface area contributed by atoms with Crippen molar-refractivity contribution >= 4 is 22.7 Å². The highest BCUT2D eigenvalue weighted by Crippen LogP contribution is 2.19. The lowest BCUT2D eigenvalue weighted by Crippen LogP contribution is -2.49. The van der Waals surface area contributed by atoms with Crippen LogP contribution < -0.4 is 10.6 Å². The van der Waals surface area contributed by atoms with Crippen molar-refractivity contribution in [3.8, 4) is 0 Å². The molecule has 0 aliphatic heterocycles. The fourth-order valence-corrected chi connectivity index (χ4v) is 3.38. The maximum Gasteiger partial charge on any atom is 0.243 e. The van der Waals surface area contributed by atoms with Crippen LogP contribution in [0.2, 0.25) is 0 Å². The molecule has 3 N–H and O–H groups in total. The van der Waals surface area contributed by atoms with Gasteiger partial charge in [-0.1, -0.05) is 24.3 Å². The van der Waals surface area contributed by atoms with Gasteiger partial charge in [0.05, 0.1) is 0 Å². The third-order valence-electron chi connectivity index (χ3n) is 4.77. The number of para-hydroxylation sites is 1. The van der Waals surface area contributed by atoms with Crippen molar-refractivity contribution in [2.45, 2.75) is 51.6 Å². The Morgan fingerprint density at radius 2 is 1.93 bits per heavy atom. The van der Waals surface area contributed by atoms with Crippen molar-refractivity contribution in [2.75, 3.05) is 0 Å². The summed E-state index contributed by atoms with van der Waals surface area (Å²) in [6.07, 6.45) is 7.77. The minimum atomic E-state index is -0.609. The normalized spacial score (nSPS) is 12.1. The molecule has 0 saturated heterocycles. The van der Waals surface area contributed by atoms with Crippen molar-refractivity contribution in [3.05, 3.63) is 66.1 Å². The molecule has 0 aliphatic rings. The van der Waals surface area contributed by atoms with Crippen molar-refractivity contribution in [3.63, 3.8) is 0 Å². The lowest BCUT2D eigenvalue weighted by Gasteiger charge is -2.20. The number of nitrogens with zero attached hydrogens (tertiary/aromatic N) is 1. The summed E-state index contributed by atoms with van der Waals surface area (Å²) in [7, 11) is 0. The van der Waals surface area contributed by atoms with Crippen LogP contribution in [0.15, 0.2) is 55.0 Å². The van der Waals surface area contributed by atoms with Crippen LogP contribution in [0.25, 0.3) is 10.9 Å². The number of hydrogen-bond donors (Lipinski definition) is 3. The highest BCUT2D eigenvalue weighted by Gasteiger charge is 2.23. The molecule has 3 aromatic rings. The van der Waals surface area contributed by atoms with Crippen molar-refractivity contribution in [2.24, 2.45) is 0 Å². The van der Waals surface area contributed by atoms with Crippen molar-refractivity contribution in [1.29, 1.82) is 0 Å². The first-order chi connectivity index (χ1) is 14.0. The van der Waals surface area contributed by atoms with E-state index in [1.165, 1.54) is 0 Å². The maximum absolute atomic E-state index is 12.7. The van der Waals surface area contributed by atoms with Crippen LogP contribution in [-0.4, -0.2) is 33.9 Å². The van der Waals surface area contributed by atoms with Gasteiger partial charge in [0.2, 0.25) is 11.8 Å². The Kier molecular flexibility index (Phi) is 7.00. The fourth-order valence-electron chi connectivity index (χ4n) is 3.38. The number of aryl methyl sites for hydroxylation is 1. The van der Waals surface area contributed by atoms with Crippen molar-refractivity contribution < 1.29 is 9.59 Å². The summed E-state index contributed by atoms with van der Waals surface area (Å²) in [5, 5.41) is 6.92. The van der Waals surface area contributed by atoms with Crippen LogP contribution >= 0.6 is 0 Å². The standard InChI is InChI=1S/C23H28N4O2/c1-16(2)26-23(29)21(13-18-15-25-20-10-4-3-9-19(18)20)27-22(28)11-5-7-17-8-6-12-24-14-17/h3-4,6,8-10,12,14-16,21,25H,5,7,11,13H2,1-2H3,(H,26,29)(H,27,28). The number of H-pyrrole nitrogens is 1. The summed E-state index contributed by atoms with van der Waals surface area (Å²) in [6.45, 7) is 3.83. The molecule has 0 radical (unpaired) electrons. The number of aromatic amines is 1. The molecule has 6 nitrogen and oxygen atoms in total. The van der Waals surface area contributed by atoms with E-state index >= 15 is 0 Å². The Morgan fingerprint density at radius 1 is 1.10 bits per heavy atom. The van der Waals surface area contributed by atoms with Gasteiger partial charge in [-0.2, -0.15) is 0 Å². The molecule has 1 atom stereocenters. The average Bonchev–Trinajstić information content (AvgIpc) is 3.11. The lowest BCUT2D eigenvalue weighted by molar-refractivity contribution is -0.129. The highest BCUT2D eigenvalue weighted by molar-refractivity contribution is 5.89. The molecule has 152 valence electrons. The summed E-state index contributed by atoms with van der Waals surface area (Å²) in [5.41, 5.74) is 3.14. The molecule has 0 bridgehead atoms. The maximum atomic E-state index is 12.7. The van der Waals surface area contributed by atoms with Crippen LogP contribution in [0.3, 0.4) is 0 Å². The summed E-state index contributed by atoms with van der Waals surface area (Å²) in [4.78, 5) is 32.5. The summed E-state index contributed by atoms with van der Waals surface area (Å²) >= 11 is 0. The Labute approximate surface area is 171 Å². The first-order valence-electron chi connectivity index (χ1n) is 10.1. The average molecular weight is 393 g/mol. The quantitative estimate of drug-likeness (QED) is 0.523. The topological polar surface area (TPSA) is 86.9 Å². The molecule has 1 unspecified atom stereocenters. The van der Waals surface area contributed by atoms with Gasteiger partial charge in [-0.05, 0) is 49.9 Å². The third-order valence-corrected chi connectivity index (χ3v) is 4.77. The predicted octanol–water partition coefficient (Wildman–Crippen LogP) is 3.14. The summed E-state index contributed by atoms with van der Waals surface area (Å²) in [6, 6.07) is 11.3. The largest absolute Gasteiger partial charge is 0.361 e. The van der Waals surface area contributed by atoms with Crippen LogP contribution in [0.4, 0.5) is 0 Å². The lowest BCUT2D eigenvalue weighted by atomic mass is 10.0. The van der Waals surface area contributed by atoms with E-state index in [2.05, 4.69) is 20.6 Å². The van der Waals surface area contributed by atoms with Gasteiger partial charge in [0.1, 0.15) is 6.04 Å². The molecule has 0 spiro atoms. The number of amides is 2. The molecule has 6 heteroatoms. The number of pyridine rings is 1. The Morgan fingerprint density at radius 3 is 2.69 bits per heavy atom. The Hall–Kier alpha value is -3.15. The van der Waals surface area contributed by atoms with Gasteiger partial charge in [-0.15, -0.1) is 0 Å². The molecular formula is C23H28N4O2. The SMILES string of the molecule is CC(C)NC(=O)C(Cc1c[nH]c2ccccc12)NC(=O)CCCc1cccnc1. The number of carbonyl (C=O) groups excluding carboxylic acids is 2. The Bertz CT molecular complexity index is 950. The number of rotatable bonds is 9. The first kappa shape index (κ1) is 20.6. The minimum Gasteiger partial charge on any atom is -0.361 e. The zero-order valence-electron chi connectivity index (χ0n) is 16.9. The second-order valence-corrected chi connectivity index (χ2v) is 7.56. The molecule has 2 heterocycles. The number of fused-ring (bicyclic) bond motifs is 1. The number of nitrogens with one attached hydrogen (secondary N) is 3. The summed E-state index contributed by atoms with van der Waals surface area (Å²) < 4.78 is 0. The van der Waals surface area contributed by atoms with E-state index in [1.807, 2.05) is 62.6 Å². The monoisotopic (exact) mass is 392 g/mol. The number of aromatic nitrogens is 2. The van der Waals surface area contributed by atoms with Crippen LogP contribution in [0, 0.1) is 0 Å². The second-order valence-electron chi connectivity index (χ2n) is 7.56. The fraction of sp³-hybridized carbons (Fsp3) is 0.348. The van der Waals surface area contributed by atoms with Gasteiger partial charge in [-0.3, -0.25) is 14.6 Å². The molecule has 29 heavy (non-hydrogen) atoms. The number of hydrogen-bond acceptors (Lipinski definition) is 3. The van der Waals surface area contributed by atoms with E-state index in [9.17, 15) is 9.59 Å². The zero-order chi connectivity index (χ0) is 20.6. The van der Waals surface area contributed by atoms with Crippen LogP contribution in [0.5, 0.6) is 0 Å². The molecule has 0 saturated carbocycles. The molecule has 1 aromatic carbocycles. The van der Waals surface area contributed by atoms with Crippen molar-refractivity contribution in [1.82, 2.24) is 20.6 Å². The molecule has 0 aliphatic carbocycles. The van der Waals surface area contributed by atoms with Crippen LogP contribution in [-0.2, 0) is 22.4 Å². The van der Waals surface area contributed by atoms with E-state index in [1.54, 1.807) is 6.20 Å². The van der Waals surface area contributed by atoms with E-state index in [0.717, 1.165) is 28.5 Å². The van der Waals surface area contributed by atoms with Gasteiger partial charge < -0.3 is 15.6 Å². The smallest absolute Gasteiger partial charge is 0.243 e. The van der Waals surface area contributed by atoms with Gasteiger partial charge >= 0.3 is 0 Å². The third kappa shape index (κ3) is 5.91. The van der Waals surface area contributed by atoms with Gasteiger partial charge in [0, 0.05) is 48.4 Å².